The Labute approximate surface area is 104 Å². The summed E-state index contributed by atoms with van der Waals surface area (Å²) in [6.07, 6.45) is 0.252. The van der Waals surface area contributed by atoms with Crippen LogP contribution in [0.3, 0.4) is 0 Å². The second-order valence-electron chi connectivity index (χ2n) is 3.89. The van der Waals surface area contributed by atoms with Crippen LogP contribution >= 0.6 is 0 Å². The van der Waals surface area contributed by atoms with Gasteiger partial charge in [-0.2, -0.15) is 0 Å². The highest BCUT2D eigenvalue weighted by atomic mass is 16.6. The van der Waals surface area contributed by atoms with Crippen molar-refractivity contribution in [2.24, 2.45) is 0 Å². The first-order chi connectivity index (χ1) is 8.66. The van der Waals surface area contributed by atoms with Gasteiger partial charge in [-0.25, -0.2) is 0 Å². The Morgan fingerprint density at radius 2 is 1.61 bits per heavy atom. The van der Waals surface area contributed by atoms with E-state index in [0.717, 1.165) is 5.56 Å². The molecule has 90 valence electrons. The first-order valence-electron chi connectivity index (χ1n) is 5.48. The fourth-order valence-electron chi connectivity index (χ4n) is 1.65. The van der Waals surface area contributed by atoms with Crippen LogP contribution in [0.15, 0.2) is 54.6 Å². The molecule has 2 aromatic rings. The molecule has 2 rings (SSSR count). The number of non-ortho nitro benzene ring substituents is 1. The van der Waals surface area contributed by atoms with E-state index < -0.39 is 4.92 Å². The minimum Gasteiger partial charge on any atom is -0.294 e. The molecular formula is C14H11NO3. The Morgan fingerprint density at radius 1 is 1.00 bits per heavy atom. The van der Waals surface area contributed by atoms with Gasteiger partial charge in [0.05, 0.1) is 4.92 Å². The number of hydrogen-bond acceptors (Lipinski definition) is 3. The second kappa shape index (κ2) is 5.23. The molecule has 0 aliphatic heterocycles. The van der Waals surface area contributed by atoms with Crippen molar-refractivity contribution in [1.82, 2.24) is 0 Å². The lowest BCUT2D eigenvalue weighted by molar-refractivity contribution is -0.384. The van der Waals surface area contributed by atoms with Crippen LogP contribution in [0.4, 0.5) is 5.69 Å². The lowest BCUT2D eigenvalue weighted by Crippen LogP contribution is -2.03. The average Bonchev–Trinajstić information content (AvgIpc) is 2.40. The number of nitrogens with zero attached hydrogens (tertiary/aromatic N) is 1. The highest BCUT2D eigenvalue weighted by molar-refractivity contribution is 5.97. The van der Waals surface area contributed by atoms with E-state index in [-0.39, 0.29) is 17.9 Å². The topological polar surface area (TPSA) is 60.2 Å². The van der Waals surface area contributed by atoms with Gasteiger partial charge in [-0.05, 0) is 5.56 Å². The van der Waals surface area contributed by atoms with Gasteiger partial charge in [0.25, 0.3) is 5.69 Å². The minimum absolute atomic E-state index is 0.00412. The third-order valence-corrected chi connectivity index (χ3v) is 2.61. The number of benzene rings is 2. The van der Waals surface area contributed by atoms with Crippen LogP contribution in [0.1, 0.15) is 15.9 Å². The maximum Gasteiger partial charge on any atom is 0.269 e. The number of hydrogen-bond donors (Lipinski definition) is 0. The van der Waals surface area contributed by atoms with Crippen molar-refractivity contribution in [3.63, 3.8) is 0 Å². The van der Waals surface area contributed by atoms with E-state index in [1.807, 2.05) is 18.2 Å². The summed E-state index contributed by atoms with van der Waals surface area (Å²) in [5, 5.41) is 10.5. The maximum absolute atomic E-state index is 11.9. The Bertz CT molecular complexity index is 561. The highest BCUT2D eigenvalue weighted by Crippen LogP contribution is 2.13. The van der Waals surface area contributed by atoms with E-state index in [0.29, 0.717) is 5.56 Å². The molecule has 0 amide bonds. The average molecular weight is 241 g/mol. The molecule has 0 saturated heterocycles. The Balaban J connectivity index is 2.10. The summed E-state index contributed by atoms with van der Waals surface area (Å²) in [5.41, 5.74) is 1.45. The van der Waals surface area contributed by atoms with E-state index in [9.17, 15) is 14.9 Å². The monoisotopic (exact) mass is 241 g/mol. The summed E-state index contributed by atoms with van der Waals surface area (Å²) in [7, 11) is 0. The van der Waals surface area contributed by atoms with Crippen molar-refractivity contribution in [1.29, 1.82) is 0 Å². The molecular weight excluding hydrogens is 230 g/mol. The van der Waals surface area contributed by atoms with Gasteiger partial charge >= 0.3 is 0 Å². The molecule has 0 unspecified atom stereocenters. The van der Waals surface area contributed by atoms with Crippen LogP contribution in [-0.2, 0) is 6.42 Å². The van der Waals surface area contributed by atoms with E-state index in [1.54, 1.807) is 24.3 Å². The fraction of sp³-hybridized carbons (Fsp3) is 0.0714. The number of carbonyl (C=O) groups excluding carboxylic acids is 1. The zero-order chi connectivity index (χ0) is 13.0. The van der Waals surface area contributed by atoms with Crippen molar-refractivity contribution < 1.29 is 9.72 Å². The zero-order valence-electron chi connectivity index (χ0n) is 9.58. The molecule has 18 heavy (non-hydrogen) atoms. The third kappa shape index (κ3) is 2.79. The first kappa shape index (κ1) is 12.0. The molecule has 0 saturated carbocycles. The lowest BCUT2D eigenvalue weighted by Gasteiger charge is -2.01. The van der Waals surface area contributed by atoms with Gasteiger partial charge in [0.15, 0.2) is 5.78 Å². The van der Waals surface area contributed by atoms with Crippen molar-refractivity contribution in [3.8, 4) is 0 Å². The van der Waals surface area contributed by atoms with Gasteiger partial charge in [0.2, 0.25) is 0 Å². The fourth-order valence-corrected chi connectivity index (χ4v) is 1.65. The summed E-state index contributed by atoms with van der Waals surface area (Å²) in [4.78, 5) is 21.9. The molecule has 0 N–H and O–H groups in total. The zero-order valence-corrected chi connectivity index (χ0v) is 9.58. The molecule has 2 aromatic carbocycles. The molecule has 0 radical (unpaired) electrons. The molecule has 4 heteroatoms. The SMILES string of the molecule is O=C(Cc1ccc([N+](=O)[O-])cc1)c1ccccc1. The van der Waals surface area contributed by atoms with Crippen LogP contribution in [0, 0.1) is 10.1 Å². The van der Waals surface area contributed by atoms with Crippen LogP contribution in [0.25, 0.3) is 0 Å². The van der Waals surface area contributed by atoms with Gasteiger partial charge in [-0.1, -0.05) is 42.5 Å². The summed E-state index contributed by atoms with van der Waals surface area (Å²) >= 11 is 0. The third-order valence-electron chi connectivity index (χ3n) is 2.61. The van der Waals surface area contributed by atoms with Crippen molar-refractivity contribution in [3.05, 3.63) is 75.8 Å². The van der Waals surface area contributed by atoms with Gasteiger partial charge in [-0.15, -0.1) is 0 Å². The standard InChI is InChI=1S/C14H11NO3/c16-14(12-4-2-1-3-5-12)10-11-6-8-13(9-7-11)15(17)18/h1-9H,10H2. The Kier molecular flexibility index (Phi) is 3.48. The molecule has 0 bridgehead atoms. The predicted molar refractivity (Wildman–Crippen MR) is 67.6 cm³/mol. The summed E-state index contributed by atoms with van der Waals surface area (Å²) in [6, 6.07) is 15.0. The number of ketones is 1. The second-order valence-corrected chi connectivity index (χ2v) is 3.89. The number of rotatable bonds is 4. The molecule has 0 spiro atoms. The van der Waals surface area contributed by atoms with Crippen LogP contribution in [0.5, 0.6) is 0 Å². The van der Waals surface area contributed by atoms with Crippen LogP contribution in [-0.4, -0.2) is 10.7 Å². The molecule has 4 nitrogen and oxygen atoms in total. The molecule has 0 fully saturated rings. The van der Waals surface area contributed by atoms with Gasteiger partial charge in [0.1, 0.15) is 0 Å². The summed E-state index contributed by atoms with van der Waals surface area (Å²) in [5.74, 6) is 0.00412. The van der Waals surface area contributed by atoms with Crippen molar-refractivity contribution in [2.75, 3.05) is 0 Å². The number of Topliss-reactive ketones (excluding diaryl/α,β-unsaturated/α-hetero) is 1. The predicted octanol–water partition coefficient (Wildman–Crippen LogP) is 3.02. The van der Waals surface area contributed by atoms with Crippen LogP contribution < -0.4 is 0 Å². The maximum atomic E-state index is 11.9. The Hall–Kier alpha value is -2.49. The summed E-state index contributed by atoms with van der Waals surface area (Å²) < 4.78 is 0. The normalized spacial score (nSPS) is 10.0. The van der Waals surface area contributed by atoms with E-state index in [1.165, 1.54) is 12.1 Å². The van der Waals surface area contributed by atoms with E-state index in [4.69, 9.17) is 0 Å². The molecule has 0 aliphatic rings. The molecule has 0 aliphatic carbocycles. The van der Waals surface area contributed by atoms with E-state index >= 15 is 0 Å². The van der Waals surface area contributed by atoms with Crippen molar-refractivity contribution >= 4 is 11.5 Å². The van der Waals surface area contributed by atoms with Crippen molar-refractivity contribution in [2.45, 2.75) is 6.42 Å². The molecule has 0 heterocycles. The van der Waals surface area contributed by atoms with Gasteiger partial charge in [0, 0.05) is 24.1 Å². The largest absolute Gasteiger partial charge is 0.294 e. The smallest absolute Gasteiger partial charge is 0.269 e. The van der Waals surface area contributed by atoms with E-state index in [2.05, 4.69) is 0 Å². The first-order valence-corrected chi connectivity index (χ1v) is 5.48. The molecule has 0 aromatic heterocycles. The summed E-state index contributed by atoms with van der Waals surface area (Å²) in [6.45, 7) is 0. The minimum atomic E-state index is -0.456. The quantitative estimate of drug-likeness (QED) is 0.469. The molecule has 0 atom stereocenters. The number of nitro benzene ring substituents is 1. The Morgan fingerprint density at radius 3 is 2.17 bits per heavy atom. The highest BCUT2D eigenvalue weighted by Gasteiger charge is 2.08. The van der Waals surface area contributed by atoms with Gasteiger partial charge < -0.3 is 0 Å². The number of nitro groups is 1. The lowest BCUT2D eigenvalue weighted by atomic mass is 10.0. The van der Waals surface area contributed by atoms with Gasteiger partial charge in [-0.3, -0.25) is 14.9 Å². The van der Waals surface area contributed by atoms with Crippen LogP contribution in [0.2, 0.25) is 0 Å². The number of carbonyl (C=O) groups is 1.